The van der Waals surface area contributed by atoms with Crippen LogP contribution in [0.2, 0.25) is 0 Å². The Morgan fingerprint density at radius 1 is 1.39 bits per heavy atom. The summed E-state index contributed by atoms with van der Waals surface area (Å²) in [6.45, 7) is 0. The molecule has 0 atom stereocenters. The minimum absolute atomic E-state index is 0.271. The zero-order valence-corrected chi connectivity index (χ0v) is 11.0. The SMILES string of the molecule is Cn1ncc(Oc2ccccc2C#N)c(Br)c1=O. The molecular formula is C12H8BrN3O2. The van der Waals surface area contributed by atoms with Crippen LogP contribution in [0.15, 0.2) is 39.7 Å². The summed E-state index contributed by atoms with van der Waals surface area (Å²) in [7, 11) is 1.54. The Kier molecular flexibility index (Phi) is 3.44. The first-order chi connectivity index (χ1) is 8.63. The van der Waals surface area contributed by atoms with E-state index in [0.717, 1.165) is 0 Å². The zero-order chi connectivity index (χ0) is 13.1. The maximum atomic E-state index is 11.6. The second kappa shape index (κ2) is 5.02. The maximum absolute atomic E-state index is 11.6. The fraction of sp³-hybridized carbons (Fsp3) is 0.0833. The van der Waals surface area contributed by atoms with Crippen molar-refractivity contribution in [1.82, 2.24) is 9.78 Å². The van der Waals surface area contributed by atoms with Gasteiger partial charge in [-0.05, 0) is 28.1 Å². The quantitative estimate of drug-likeness (QED) is 0.853. The number of ether oxygens (including phenoxy) is 1. The molecule has 2 aromatic rings. The lowest BCUT2D eigenvalue weighted by Gasteiger charge is -2.08. The van der Waals surface area contributed by atoms with E-state index in [0.29, 0.717) is 11.3 Å². The number of benzene rings is 1. The van der Waals surface area contributed by atoms with E-state index >= 15 is 0 Å². The summed E-state index contributed by atoms with van der Waals surface area (Å²) < 4.78 is 6.98. The number of para-hydroxylation sites is 1. The average molecular weight is 306 g/mol. The van der Waals surface area contributed by atoms with Crippen LogP contribution < -0.4 is 10.3 Å². The van der Waals surface area contributed by atoms with Crippen LogP contribution >= 0.6 is 15.9 Å². The molecule has 1 aromatic heterocycles. The second-order valence-corrected chi connectivity index (χ2v) is 4.25. The highest BCUT2D eigenvalue weighted by molar-refractivity contribution is 9.10. The molecule has 2 rings (SSSR count). The van der Waals surface area contributed by atoms with E-state index in [1.54, 1.807) is 31.3 Å². The molecule has 0 saturated heterocycles. The van der Waals surface area contributed by atoms with E-state index in [2.05, 4.69) is 21.0 Å². The number of hydrogen-bond donors (Lipinski definition) is 0. The first kappa shape index (κ1) is 12.3. The lowest BCUT2D eigenvalue weighted by Crippen LogP contribution is -2.20. The van der Waals surface area contributed by atoms with Crippen LogP contribution in [-0.4, -0.2) is 9.78 Å². The van der Waals surface area contributed by atoms with Gasteiger partial charge in [-0.25, -0.2) is 4.68 Å². The number of aryl methyl sites for hydroxylation is 1. The van der Waals surface area contributed by atoms with Crippen molar-refractivity contribution in [3.63, 3.8) is 0 Å². The number of hydrogen-bond acceptors (Lipinski definition) is 4. The Morgan fingerprint density at radius 2 is 2.11 bits per heavy atom. The summed E-state index contributed by atoms with van der Waals surface area (Å²) in [6.07, 6.45) is 1.42. The van der Waals surface area contributed by atoms with Gasteiger partial charge in [0.2, 0.25) is 0 Å². The van der Waals surface area contributed by atoms with Crippen LogP contribution in [0.1, 0.15) is 5.56 Å². The molecule has 90 valence electrons. The molecule has 0 spiro atoms. The average Bonchev–Trinajstić information content (AvgIpc) is 2.40. The van der Waals surface area contributed by atoms with Crippen LogP contribution in [0, 0.1) is 11.3 Å². The molecule has 0 unspecified atom stereocenters. The van der Waals surface area contributed by atoms with Crippen LogP contribution in [0.5, 0.6) is 11.5 Å². The van der Waals surface area contributed by atoms with Crippen LogP contribution in [-0.2, 0) is 7.05 Å². The van der Waals surface area contributed by atoms with E-state index in [9.17, 15) is 4.79 Å². The molecule has 0 aliphatic carbocycles. The molecule has 0 N–H and O–H groups in total. The second-order valence-electron chi connectivity index (χ2n) is 3.46. The van der Waals surface area contributed by atoms with Crippen LogP contribution in [0.3, 0.4) is 0 Å². The van der Waals surface area contributed by atoms with E-state index in [1.165, 1.54) is 10.9 Å². The molecule has 6 heteroatoms. The largest absolute Gasteiger partial charge is 0.453 e. The van der Waals surface area contributed by atoms with E-state index in [-0.39, 0.29) is 15.8 Å². The molecule has 0 bridgehead atoms. The van der Waals surface area contributed by atoms with Gasteiger partial charge >= 0.3 is 0 Å². The van der Waals surface area contributed by atoms with Crippen molar-refractivity contribution in [1.29, 1.82) is 5.26 Å². The van der Waals surface area contributed by atoms with Gasteiger partial charge in [0.1, 0.15) is 16.3 Å². The minimum atomic E-state index is -0.304. The van der Waals surface area contributed by atoms with Gasteiger partial charge in [-0.15, -0.1) is 0 Å². The topological polar surface area (TPSA) is 67.9 Å². The normalized spacial score (nSPS) is 9.83. The highest BCUT2D eigenvalue weighted by Gasteiger charge is 2.10. The van der Waals surface area contributed by atoms with Crippen molar-refractivity contribution in [3.8, 4) is 17.6 Å². The Morgan fingerprint density at radius 3 is 2.83 bits per heavy atom. The molecule has 0 amide bonds. The molecule has 0 radical (unpaired) electrons. The monoisotopic (exact) mass is 305 g/mol. The fourth-order valence-electron chi connectivity index (χ4n) is 1.33. The van der Waals surface area contributed by atoms with Crippen molar-refractivity contribution in [2.75, 3.05) is 0 Å². The summed E-state index contributed by atoms with van der Waals surface area (Å²) in [5.41, 5.74) is 0.0898. The highest BCUT2D eigenvalue weighted by Crippen LogP contribution is 2.28. The third-order valence-electron chi connectivity index (χ3n) is 2.27. The summed E-state index contributed by atoms with van der Waals surface area (Å²) in [6, 6.07) is 8.80. The summed E-state index contributed by atoms with van der Waals surface area (Å²) in [5.74, 6) is 0.663. The van der Waals surface area contributed by atoms with Gasteiger partial charge in [0.15, 0.2) is 5.75 Å². The summed E-state index contributed by atoms with van der Waals surface area (Å²) >= 11 is 3.15. The van der Waals surface area contributed by atoms with E-state index in [1.807, 2.05) is 6.07 Å². The van der Waals surface area contributed by atoms with Gasteiger partial charge in [-0.1, -0.05) is 12.1 Å². The van der Waals surface area contributed by atoms with E-state index in [4.69, 9.17) is 10.00 Å². The molecule has 18 heavy (non-hydrogen) atoms. The molecule has 0 fully saturated rings. The number of aromatic nitrogens is 2. The number of rotatable bonds is 2. The molecule has 0 aliphatic heterocycles. The van der Waals surface area contributed by atoms with Gasteiger partial charge in [-0.3, -0.25) is 4.79 Å². The van der Waals surface area contributed by atoms with Crippen molar-refractivity contribution in [3.05, 3.63) is 50.9 Å². The molecule has 0 aliphatic rings. The van der Waals surface area contributed by atoms with Gasteiger partial charge < -0.3 is 4.74 Å². The zero-order valence-electron chi connectivity index (χ0n) is 9.42. The number of nitrogens with zero attached hydrogens (tertiary/aromatic N) is 3. The Labute approximate surface area is 111 Å². The summed E-state index contributed by atoms with van der Waals surface area (Å²) in [4.78, 5) is 11.6. The Balaban J connectivity index is 2.45. The van der Waals surface area contributed by atoms with Crippen molar-refractivity contribution >= 4 is 15.9 Å². The maximum Gasteiger partial charge on any atom is 0.284 e. The van der Waals surface area contributed by atoms with Gasteiger partial charge in [0.05, 0.1) is 11.8 Å². The predicted octanol–water partition coefficient (Wildman–Crippen LogP) is 2.21. The highest BCUT2D eigenvalue weighted by atomic mass is 79.9. The molecular weight excluding hydrogens is 298 g/mol. The smallest absolute Gasteiger partial charge is 0.284 e. The van der Waals surface area contributed by atoms with Crippen LogP contribution in [0.4, 0.5) is 0 Å². The predicted molar refractivity (Wildman–Crippen MR) is 68.4 cm³/mol. The van der Waals surface area contributed by atoms with E-state index < -0.39 is 0 Å². The third kappa shape index (κ3) is 2.26. The third-order valence-corrected chi connectivity index (χ3v) is 3.00. The fourth-order valence-corrected chi connectivity index (χ4v) is 1.77. The van der Waals surface area contributed by atoms with Crippen molar-refractivity contribution in [2.24, 2.45) is 7.05 Å². The first-order valence-corrected chi connectivity index (χ1v) is 5.81. The first-order valence-electron chi connectivity index (χ1n) is 5.02. The standard InChI is InChI=1S/C12H8BrN3O2/c1-16-12(17)11(13)10(7-15-16)18-9-5-3-2-4-8(9)6-14/h2-5,7H,1H3. The number of nitriles is 1. The van der Waals surface area contributed by atoms with Crippen molar-refractivity contribution in [2.45, 2.75) is 0 Å². The molecule has 5 nitrogen and oxygen atoms in total. The van der Waals surface area contributed by atoms with Crippen molar-refractivity contribution < 1.29 is 4.74 Å². The minimum Gasteiger partial charge on any atom is -0.453 e. The number of halogens is 1. The molecule has 0 saturated carbocycles. The lowest BCUT2D eigenvalue weighted by molar-refractivity contribution is 0.467. The van der Waals surface area contributed by atoms with Gasteiger partial charge in [-0.2, -0.15) is 10.4 Å². The Hall–Kier alpha value is -2.13. The van der Waals surface area contributed by atoms with Gasteiger partial charge in [0, 0.05) is 7.05 Å². The summed E-state index contributed by atoms with van der Waals surface area (Å²) in [5, 5.41) is 12.8. The molecule has 1 aromatic carbocycles. The molecule has 1 heterocycles. The Bertz CT molecular complexity index is 688. The van der Waals surface area contributed by atoms with Crippen LogP contribution in [0.25, 0.3) is 0 Å². The van der Waals surface area contributed by atoms with Gasteiger partial charge in [0.25, 0.3) is 5.56 Å². The lowest BCUT2D eigenvalue weighted by atomic mass is 10.2.